The first-order valence-electron chi connectivity index (χ1n) is 6.94. The van der Waals surface area contributed by atoms with Gasteiger partial charge in [-0.05, 0) is 36.6 Å². The Morgan fingerprint density at radius 3 is 2.50 bits per heavy atom. The highest BCUT2D eigenvalue weighted by atomic mass is 32.2. The number of hydrogen-bond acceptors (Lipinski definition) is 2. The molecule has 0 atom stereocenters. The number of thioether (sulfide) groups is 1. The molecule has 1 rings (SSSR count). The van der Waals surface area contributed by atoms with Crippen LogP contribution in [0.15, 0.2) is 23.1 Å². The molecule has 1 aromatic rings. The van der Waals surface area contributed by atoms with Crippen LogP contribution in [-0.2, 0) is 6.54 Å². The summed E-state index contributed by atoms with van der Waals surface area (Å²) in [5, 5.41) is 3.52. The van der Waals surface area contributed by atoms with Crippen LogP contribution < -0.4 is 5.32 Å². The van der Waals surface area contributed by atoms with Gasteiger partial charge in [0.25, 0.3) is 0 Å². The summed E-state index contributed by atoms with van der Waals surface area (Å²) >= 11 is 2.00. The van der Waals surface area contributed by atoms with Crippen LogP contribution in [0.25, 0.3) is 0 Å². The van der Waals surface area contributed by atoms with E-state index in [4.69, 9.17) is 0 Å². The average molecular weight is 265 g/mol. The van der Waals surface area contributed by atoms with Crippen LogP contribution in [0.1, 0.15) is 45.2 Å². The minimum absolute atomic E-state index is 0.541. The van der Waals surface area contributed by atoms with E-state index in [1.165, 1.54) is 28.2 Å². The van der Waals surface area contributed by atoms with E-state index in [1.54, 1.807) is 0 Å². The van der Waals surface area contributed by atoms with Crippen LogP contribution in [0.3, 0.4) is 0 Å². The molecule has 1 nitrogen and oxygen atoms in total. The summed E-state index contributed by atoms with van der Waals surface area (Å²) in [5.74, 6) is 2.01. The predicted molar refractivity (Wildman–Crippen MR) is 83.3 cm³/mol. The molecule has 0 heterocycles. The van der Waals surface area contributed by atoms with Gasteiger partial charge < -0.3 is 5.32 Å². The molecule has 0 saturated carbocycles. The van der Waals surface area contributed by atoms with Crippen molar-refractivity contribution in [1.29, 1.82) is 0 Å². The maximum atomic E-state index is 3.52. The monoisotopic (exact) mass is 265 g/mol. The molecule has 102 valence electrons. The molecule has 0 aliphatic heterocycles. The highest BCUT2D eigenvalue weighted by molar-refractivity contribution is 7.99. The average Bonchev–Trinajstić information content (AvgIpc) is 2.28. The van der Waals surface area contributed by atoms with E-state index in [9.17, 15) is 0 Å². The number of nitrogens with one attached hydrogen (secondary N) is 1. The second-order valence-corrected chi connectivity index (χ2v) is 6.81. The van der Waals surface area contributed by atoms with Crippen LogP contribution in [0.4, 0.5) is 0 Å². The van der Waals surface area contributed by atoms with Crippen LogP contribution in [-0.4, -0.2) is 11.8 Å². The van der Waals surface area contributed by atoms with Crippen molar-refractivity contribution in [2.75, 3.05) is 5.75 Å². The van der Waals surface area contributed by atoms with E-state index in [0.29, 0.717) is 6.04 Å². The topological polar surface area (TPSA) is 12.0 Å². The molecular weight excluding hydrogens is 238 g/mol. The van der Waals surface area contributed by atoms with Gasteiger partial charge in [-0.15, -0.1) is 11.8 Å². The Kier molecular flexibility index (Phi) is 6.80. The smallest absolute Gasteiger partial charge is 0.0219 e. The Morgan fingerprint density at radius 1 is 1.17 bits per heavy atom. The molecule has 0 aromatic heterocycles. The molecule has 2 heteroatoms. The van der Waals surface area contributed by atoms with Crippen LogP contribution in [0, 0.1) is 12.8 Å². The first kappa shape index (κ1) is 15.6. The SMILES string of the molecule is Cc1ccc(SCCC(C)C)c(CNC(C)C)c1. The molecule has 18 heavy (non-hydrogen) atoms. The van der Waals surface area contributed by atoms with E-state index in [0.717, 1.165) is 12.5 Å². The largest absolute Gasteiger partial charge is 0.310 e. The summed E-state index contributed by atoms with van der Waals surface area (Å²) in [6.07, 6.45) is 1.29. The molecule has 0 aliphatic rings. The molecular formula is C16H27NS. The standard InChI is InChI=1S/C16H27NS/c1-12(2)8-9-18-16-7-6-14(5)10-15(16)11-17-13(3)4/h6-7,10,12-13,17H,8-9,11H2,1-5H3. The van der Waals surface area contributed by atoms with E-state index in [2.05, 4.69) is 58.1 Å². The zero-order chi connectivity index (χ0) is 13.5. The number of benzene rings is 1. The number of aryl methyl sites for hydroxylation is 1. The van der Waals surface area contributed by atoms with E-state index < -0.39 is 0 Å². The van der Waals surface area contributed by atoms with Gasteiger partial charge >= 0.3 is 0 Å². The second-order valence-electron chi connectivity index (χ2n) is 5.68. The Labute approximate surface area is 117 Å². The molecule has 0 spiro atoms. The lowest BCUT2D eigenvalue weighted by atomic mass is 10.1. The van der Waals surface area contributed by atoms with Gasteiger partial charge in [0.05, 0.1) is 0 Å². The van der Waals surface area contributed by atoms with Gasteiger partial charge in [0.2, 0.25) is 0 Å². The summed E-state index contributed by atoms with van der Waals surface area (Å²) < 4.78 is 0. The Balaban J connectivity index is 2.64. The Hall–Kier alpha value is -0.470. The predicted octanol–water partition coefficient (Wildman–Crippen LogP) is 4.63. The van der Waals surface area contributed by atoms with E-state index in [1.807, 2.05) is 11.8 Å². The first-order valence-corrected chi connectivity index (χ1v) is 7.93. The lowest BCUT2D eigenvalue weighted by Gasteiger charge is -2.13. The van der Waals surface area contributed by atoms with Crippen molar-refractivity contribution in [3.63, 3.8) is 0 Å². The molecule has 0 saturated heterocycles. The van der Waals surface area contributed by atoms with Crippen molar-refractivity contribution >= 4 is 11.8 Å². The lowest BCUT2D eigenvalue weighted by molar-refractivity contribution is 0.584. The summed E-state index contributed by atoms with van der Waals surface area (Å²) in [7, 11) is 0. The molecule has 0 bridgehead atoms. The molecule has 0 radical (unpaired) electrons. The summed E-state index contributed by atoms with van der Waals surface area (Å²) in [5.41, 5.74) is 2.79. The van der Waals surface area contributed by atoms with Crippen LogP contribution >= 0.6 is 11.8 Å². The van der Waals surface area contributed by atoms with Gasteiger partial charge in [-0.1, -0.05) is 45.4 Å². The highest BCUT2D eigenvalue weighted by Crippen LogP contribution is 2.25. The maximum absolute atomic E-state index is 3.52. The van der Waals surface area contributed by atoms with Crippen LogP contribution in [0.2, 0.25) is 0 Å². The van der Waals surface area contributed by atoms with E-state index in [-0.39, 0.29) is 0 Å². The minimum Gasteiger partial charge on any atom is -0.310 e. The van der Waals surface area contributed by atoms with Gasteiger partial charge in [0.1, 0.15) is 0 Å². The summed E-state index contributed by atoms with van der Waals surface area (Å²) in [6, 6.07) is 7.35. The fraction of sp³-hybridized carbons (Fsp3) is 0.625. The third-order valence-electron chi connectivity index (χ3n) is 2.87. The van der Waals surface area contributed by atoms with Gasteiger partial charge in [-0.3, -0.25) is 0 Å². The van der Waals surface area contributed by atoms with E-state index >= 15 is 0 Å². The molecule has 0 unspecified atom stereocenters. The Bertz CT molecular complexity index is 358. The Morgan fingerprint density at radius 2 is 1.89 bits per heavy atom. The van der Waals surface area contributed by atoms with Crippen molar-refractivity contribution in [3.05, 3.63) is 29.3 Å². The van der Waals surface area contributed by atoms with Gasteiger partial charge in [-0.2, -0.15) is 0 Å². The molecule has 0 aliphatic carbocycles. The third-order valence-corrected chi connectivity index (χ3v) is 4.02. The maximum Gasteiger partial charge on any atom is 0.0219 e. The van der Waals surface area contributed by atoms with Crippen molar-refractivity contribution in [2.45, 2.75) is 58.5 Å². The molecule has 1 N–H and O–H groups in total. The quantitative estimate of drug-likeness (QED) is 0.721. The highest BCUT2D eigenvalue weighted by Gasteiger charge is 2.05. The molecule has 0 fully saturated rings. The molecule has 0 amide bonds. The van der Waals surface area contributed by atoms with Crippen molar-refractivity contribution in [3.8, 4) is 0 Å². The number of rotatable bonds is 7. The molecule has 1 aromatic carbocycles. The van der Waals surface area contributed by atoms with Crippen LogP contribution in [0.5, 0.6) is 0 Å². The second kappa shape index (κ2) is 7.85. The fourth-order valence-electron chi connectivity index (χ4n) is 1.71. The normalized spacial score (nSPS) is 11.5. The zero-order valence-electron chi connectivity index (χ0n) is 12.4. The van der Waals surface area contributed by atoms with Gasteiger partial charge in [0, 0.05) is 17.5 Å². The lowest BCUT2D eigenvalue weighted by Crippen LogP contribution is -2.22. The van der Waals surface area contributed by atoms with Crippen molar-refractivity contribution < 1.29 is 0 Å². The first-order chi connectivity index (χ1) is 8.49. The minimum atomic E-state index is 0.541. The van der Waals surface area contributed by atoms with Gasteiger partial charge in [0.15, 0.2) is 0 Å². The zero-order valence-corrected chi connectivity index (χ0v) is 13.2. The summed E-state index contributed by atoms with van der Waals surface area (Å²) in [6.45, 7) is 12.1. The summed E-state index contributed by atoms with van der Waals surface area (Å²) in [4.78, 5) is 1.44. The van der Waals surface area contributed by atoms with Gasteiger partial charge in [-0.25, -0.2) is 0 Å². The fourth-order valence-corrected chi connectivity index (χ4v) is 3.00. The number of hydrogen-bond donors (Lipinski definition) is 1. The van der Waals surface area contributed by atoms with Crippen molar-refractivity contribution in [1.82, 2.24) is 5.32 Å². The van der Waals surface area contributed by atoms with Crippen molar-refractivity contribution in [2.24, 2.45) is 5.92 Å². The third kappa shape index (κ3) is 5.92.